The SMILES string of the molecule is CN(C=O)CCCCCCCCCC[Si](C)(O[SiH](C)C)O[SiH](C)C. The van der Waals surface area contributed by atoms with Crippen LogP contribution in [-0.2, 0) is 13.0 Å². The Bertz CT molecular complexity index is 307. The van der Waals surface area contributed by atoms with Crippen LogP contribution in [-0.4, -0.2) is 51.5 Å². The summed E-state index contributed by atoms with van der Waals surface area (Å²) in [6.07, 6.45) is 11.1. The maximum absolute atomic E-state index is 10.5. The Morgan fingerprint density at radius 1 is 0.833 bits per heavy atom. The first kappa shape index (κ1) is 24.0. The molecule has 0 aromatic carbocycles. The minimum Gasteiger partial charge on any atom is -0.439 e. The maximum atomic E-state index is 10.5. The van der Waals surface area contributed by atoms with Gasteiger partial charge in [0.25, 0.3) is 0 Å². The number of hydrogen-bond acceptors (Lipinski definition) is 3. The molecule has 0 atom stereocenters. The molecule has 0 aliphatic heterocycles. The molecular weight excluding hydrogens is 350 g/mol. The fourth-order valence-electron chi connectivity index (χ4n) is 3.06. The number of carbonyl (C=O) groups excluding carboxylic acids is 1. The van der Waals surface area contributed by atoms with E-state index in [1.165, 1.54) is 51.0 Å². The molecule has 7 heteroatoms. The molecule has 0 bridgehead atoms. The van der Waals surface area contributed by atoms with Gasteiger partial charge in [-0.1, -0.05) is 44.9 Å². The molecule has 0 N–H and O–H groups in total. The van der Waals surface area contributed by atoms with Gasteiger partial charge in [0.1, 0.15) is 0 Å². The van der Waals surface area contributed by atoms with Gasteiger partial charge in [-0.25, -0.2) is 0 Å². The Morgan fingerprint density at radius 2 is 1.25 bits per heavy atom. The first-order valence-corrected chi connectivity index (χ1v) is 17.9. The van der Waals surface area contributed by atoms with Gasteiger partial charge in [-0.2, -0.15) is 0 Å². The third-order valence-electron chi connectivity index (χ3n) is 4.04. The molecular formula is C17H41NO3Si3. The zero-order valence-electron chi connectivity index (χ0n) is 17.0. The smallest absolute Gasteiger partial charge is 0.313 e. The minimum absolute atomic E-state index is 0.894. The molecule has 24 heavy (non-hydrogen) atoms. The summed E-state index contributed by atoms with van der Waals surface area (Å²) < 4.78 is 12.6. The standard InChI is InChI=1S/C17H41NO3Si3/c1-18(17-19)15-13-11-9-7-8-10-12-14-16-24(6,20-22(2)3)21-23(4)5/h17,22-23H,7-16H2,1-6H3. The van der Waals surface area contributed by atoms with Crippen LogP contribution < -0.4 is 0 Å². The fraction of sp³-hybridized carbons (Fsp3) is 0.941. The van der Waals surface area contributed by atoms with E-state index in [1.807, 2.05) is 7.05 Å². The van der Waals surface area contributed by atoms with E-state index in [0.29, 0.717) is 0 Å². The van der Waals surface area contributed by atoms with E-state index in [-0.39, 0.29) is 0 Å². The van der Waals surface area contributed by atoms with Gasteiger partial charge in [0.2, 0.25) is 6.41 Å². The number of hydrogen-bond donors (Lipinski definition) is 0. The number of rotatable bonds is 16. The van der Waals surface area contributed by atoms with Crippen LogP contribution in [0.15, 0.2) is 0 Å². The third-order valence-corrected chi connectivity index (χ3v) is 13.1. The van der Waals surface area contributed by atoms with Crippen LogP contribution in [0.3, 0.4) is 0 Å². The van der Waals surface area contributed by atoms with Crippen LogP contribution in [0.1, 0.15) is 51.4 Å². The van der Waals surface area contributed by atoms with Crippen molar-refractivity contribution >= 4 is 33.1 Å². The van der Waals surface area contributed by atoms with Crippen LogP contribution in [0.5, 0.6) is 0 Å². The topological polar surface area (TPSA) is 38.8 Å². The molecule has 1 amide bonds. The van der Waals surface area contributed by atoms with Crippen LogP contribution in [0, 0.1) is 0 Å². The van der Waals surface area contributed by atoms with Crippen molar-refractivity contribution in [3.8, 4) is 0 Å². The van der Waals surface area contributed by atoms with E-state index >= 15 is 0 Å². The van der Waals surface area contributed by atoms with E-state index in [1.54, 1.807) is 4.90 Å². The molecule has 0 heterocycles. The summed E-state index contributed by atoms with van der Waals surface area (Å²) in [5.74, 6) is 0. The van der Waals surface area contributed by atoms with Crippen molar-refractivity contribution in [2.45, 2.75) is 90.1 Å². The summed E-state index contributed by atoms with van der Waals surface area (Å²) in [7, 11) is -2.06. The van der Waals surface area contributed by atoms with Gasteiger partial charge in [-0.3, -0.25) is 4.79 Å². The molecule has 0 radical (unpaired) electrons. The van der Waals surface area contributed by atoms with Crippen molar-refractivity contribution in [2.75, 3.05) is 13.6 Å². The van der Waals surface area contributed by atoms with Crippen molar-refractivity contribution in [2.24, 2.45) is 0 Å². The number of nitrogens with zero attached hydrogens (tertiary/aromatic N) is 1. The maximum Gasteiger partial charge on any atom is 0.313 e. The second-order valence-electron chi connectivity index (χ2n) is 7.63. The van der Waals surface area contributed by atoms with Gasteiger partial charge in [-0.15, -0.1) is 0 Å². The first-order chi connectivity index (χ1) is 11.3. The molecule has 0 aromatic rings. The Labute approximate surface area is 155 Å². The summed E-state index contributed by atoms with van der Waals surface area (Å²) >= 11 is 0. The predicted octanol–water partition coefficient (Wildman–Crippen LogP) is 4.27. The lowest BCUT2D eigenvalue weighted by molar-refractivity contribution is -0.117. The Balaban J connectivity index is 3.66. The van der Waals surface area contributed by atoms with E-state index in [2.05, 4.69) is 32.7 Å². The van der Waals surface area contributed by atoms with Gasteiger partial charge in [0, 0.05) is 13.6 Å². The predicted molar refractivity (Wildman–Crippen MR) is 112 cm³/mol. The van der Waals surface area contributed by atoms with Gasteiger partial charge < -0.3 is 13.1 Å². The molecule has 0 saturated heterocycles. The minimum atomic E-state index is -1.89. The Morgan fingerprint density at radius 3 is 1.67 bits per heavy atom. The number of amides is 1. The third kappa shape index (κ3) is 14.4. The van der Waals surface area contributed by atoms with Crippen molar-refractivity contribution in [1.82, 2.24) is 4.90 Å². The Hall–Kier alpha value is 0.0406. The van der Waals surface area contributed by atoms with E-state index in [9.17, 15) is 4.79 Å². The van der Waals surface area contributed by atoms with Crippen LogP contribution in [0.2, 0.25) is 38.8 Å². The van der Waals surface area contributed by atoms with Crippen molar-refractivity contribution in [3.05, 3.63) is 0 Å². The summed E-state index contributed by atoms with van der Waals surface area (Å²) in [6, 6.07) is 1.17. The monoisotopic (exact) mass is 391 g/mol. The lowest BCUT2D eigenvalue weighted by atomic mass is 10.1. The molecule has 0 spiro atoms. The first-order valence-electron chi connectivity index (χ1n) is 9.80. The summed E-state index contributed by atoms with van der Waals surface area (Å²) in [6.45, 7) is 12.2. The van der Waals surface area contributed by atoms with Gasteiger partial charge >= 0.3 is 8.56 Å². The molecule has 4 nitrogen and oxygen atoms in total. The highest BCUT2D eigenvalue weighted by molar-refractivity contribution is 6.79. The highest BCUT2D eigenvalue weighted by Crippen LogP contribution is 2.21. The van der Waals surface area contributed by atoms with Gasteiger partial charge in [0.15, 0.2) is 18.1 Å². The average molecular weight is 392 g/mol. The van der Waals surface area contributed by atoms with Crippen molar-refractivity contribution in [3.63, 3.8) is 0 Å². The number of unbranched alkanes of at least 4 members (excludes halogenated alkanes) is 7. The molecule has 0 fully saturated rings. The molecule has 144 valence electrons. The molecule has 0 unspecified atom stereocenters. The average Bonchev–Trinajstić information content (AvgIpc) is 2.47. The highest BCUT2D eigenvalue weighted by Gasteiger charge is 2.32. The van der Waals surface area contributed by atoms with Crippen LogP contribution in [0.4, 0.5) is 0 Å². The van der Waals surface area contributed by atoms with Crippen molar-refractivity contribution < 1.29 is 13.0 Å². The lowest BCUT2D eigenvalue weighted by Crippen LogP contribution is -2.45. The van der Waals surface area contributed by atoms with Crippen LogP contribution in [0.25, 0.3) is 0 Å². The van der Waals surface area contributed by atoms with Gasteiger partial charge in [0.05, 0.1) is 0 Å². The van der Waals surface area contributed by atoms with E-state index in [4.69, 9.17) is 8.23 Å². The fourth-order valence-corrected chi connectivity index (χ4v) is 13.6. The molecule has 0 aliphatic carbocycles. The number of carbonyl (C=O) groups is 1. The quantitative estimate of drug-likeness (QED) is 0.224. The van der Waals surface area contributed by atoms with E-state index < -0.39 is 26.6 Å². The second kappa shape index (κ2) is 14.2. The molecule has 0 aromatic heterocycles. The molecule has 0 aliphatic rings. The lowest BCUT2D eigenvalue weighted by Gasteiger charge is -2.31. The largest absolute Gasteiger partial charge is 0.439 e. The van der Waals surface area contributed by atoms with Crippen molar-refractivity contribution in [1.29, 1.82) is 0 Å². The second-order valence-corrected chi connectivity index (χ2v) is 16.5. The van der Waals surface area contributed by atoms with Gasteiger partial charge in [-0.05, 0) is 45.2 Å². The summed E-state index contributed by atoms with van der Waals surface area (Å²) in [5, 5.41) is 0. The zero-order valence-corrected chi connectivity index (χ0v) is 20.3. The Kier molecular flexibility index (Phi) is 14.3. The van der Waals surface area contributed by atoms with Crippen LogP contribution >= 0.6 is 0 Å². The molecule has 0 saturated carbocycles. The summed E-state index contributed by atoms with van der Waals surface area (Å²) in [4.78, 5) is 12.2. The normalized spacial score (nSPS) is 12.2. The zero-order chi connectivity index (χ0) is 18.4. The molecule has 0 rings (SSSR count). The summed E-state index contributed by atoms with van der Waals surface area (Å²) in [5.41, 5.74) is 0. The van der Waals surface area contributed by atoms with E-state index in [0.717, 1.165) is 19.4 Å². The highest BCUT2D eigenvalue weighted by atomic mass is 28.5.